The van der Waals surface area contributed by atoms with Crippen LogP contribution in [0.5, 0.6) is 0 Å². The standard InChI is InChI=1S/C15H15ClN4/c1-15(2,3)11-7-5-4-6-10(11)14-19-18-13-8-12(16)17-9-20(13)14/h4-9H,1-3H3. The van der Waals surface area contributed by atoms with Crippen molar-refractivity contribution in [2.45, 2.75) is 26.2 Å². The van der Waals surface area contributed by atoms with Crippen LogP contribution in [0, 0.1) is 0 Å². The average Bonchev–Trinajstić information content (AvgIpc) is 2.80. The molecule has 0 aliphatic heterocycles. The first kappa shape index (κ1) is 13.1. The topological polar surface area (TPSA) is 43.1 Å². The number of aromatic nitrogens is 4. The van der Waals surface area contributed by atoms with Gasteiger partial charge in [0.05, 0.1) is 0 Å². The zero-order valence-corrected chi connectivity index (χ0v) is 12.4. The van der Waals surface area contributed by atoms with E-state index in [4.69, 9.17) is 11.6 Å². The Morgan fingerprint density at radius 3 is 2.60 bits per heavy atom. The van der Waals surface area contributed by atoms with Gasteiger partial charge in [0.2, 0.25) is 0 Å². The van der Waals surface area contributed by atoms with Crippen molar-refractivity contribution in [3.8, 4) is 11.4 Å². The van der Waals surface area contributed by atoms with Crippen LogP contribution in [-0.4, -0.2) is 19.6 Å². The van der Waals surface area contributed by atoms with E-state index in [1.54, 1.807) is 12.4 Å². The van der Waals surface area contributed by atoms with Gasteiger partial charge >= 0.3 is 0 Å². The Balaban J connectivity index is 2.27. The third-order valence-electron chi connectivity index (χ3n) is 3.24. The average molecular weight is 287 g/mol. The SMILES string of the molecule is CC(C)(C)c1ccccc1-c1nnc2cc(Cl)ncn12. The molecule has 3 rings (SSSR count). The molecule has 2 aromatic heterocycles. The highest BCUT2D eigenvalue weighted by atomic mass is 35.5. The number of halogens is 1. The highest BCUT2D eigenvalue weighted by molar-refractivity contribution is 6.29. The van der Waals surface area contributed by atoms with Crippen LogP contribution in [-0.2, 0) is 5.41 Å². The molecule has 4 nitrogen and oxygen atoms in total. The van der Waals surface area contributed by atoms with Crippen LogP contribution in [0.15, 0.2) is 36.7 Å². The second-order valence-electron chi connectivity index (χ2n) is 5.76. The molecule has 5 heteroatoms. The summed E-state index contributed by atoms with van der Waals surface area (Å²) < 4.78 is 1.86. The Bertz CT molecular complexity index is 771. The highest BCUT2D eigenvalue weighted by Gasteiger charge is 2.21. The molecule has 0 amide bonds. The molecule has 0 N–H and O–H groups in total. The van der Waals surface area contributed by atoms with Crippen molar-refractivity contribution >= 4 is 17.2 Å². The zero-order chi connectivity index (χ0) is 14.3. The fourth-order valence-electron chi connectivity index (χ4n) is 2.29. The van der Waals surface area contributed by atoms with Crippen LogP contribution < -0.4 is 0 Å². The third-order valence-corrected chi connectivity index (χ3v) is 3.45. The predicted molar refractivity (Wildman–Crippen MR) is 79.9 cm³/mol. The third kappa shape index (κ3) is 2.16. The van der Waals surface area contributed by atoms with Crippen LogP contribution in [0.4, 0.5) is 0 Å². The lowest BCUT2D eigenvalue weighted by Gasteiger charge is -2.22. The summed E-state index contributed by atoms with van der Waals surface area (Å²) in [7, 11) is 0. The lowest BCUT2D eigenvalue weighted by molar-refractivity contribution is 0.591. The van der Waals surface area contributed by atoms with E-state index >= 15 is 0 Å². The summed E-state index contributed by atoms with van der Waals surface area (Å²) in [4.78, 5) is 4.11. The van der Waals surface area contributed by atoms with E-state index in [0.29, 0.717) is 10.8 Å². The number of hydrogen-bond acceptors (Lipinski definition) is 3. The van der Waals surface area contributed by atoms with Gasteiger partial charge in [-0.3, -0.25) is 4.40 Å². The van der Waals surface area contributed by atoms with Gasteiger partial charge < -0.3 is 0 Å². The Morgan fingerprint density at radius 1 is 1.10 bits per heavy atom. The molecule has 0 aliphatic carbocycles. The number of rotatable bonds is 1. The van der Waals surface area contributed by atoms with Gasteiger partial charge in [0, 0.05) is 11.6 Å². The molecule has 0 bridgehead atoms. The quantitative estimate of drug-likeness (QED) is 0.640. The summed E-state index contributed by atoms with van der Waals surface area (Å²) in [5.41, 5.74) is 3.02. The molecule has 0 atom stereocenters. The van der Waals surface area contributed by atoms with Crippen molar-refractivity contribution in [1.82, 2.24) is 19.6 Å². The largest absolute Gasteiger partial charge is 0.265 e. The maximum atomic E-state index is 5.89. The summed E-state index contributed by atoms with van der Waals surface area (Å²) in [5, 5.41) is 8.88. The monoisotopic (exact) mass is 286 g/mol. The lowest BCUT2D eigenvalue weighted by Crippen LogP contribution is -2.13. The van der Waals surface area contributed by atoms with E-state index in [1.807, 2.05) is 16.5 Å². The first-order valence-corrected chi connectivity index (χ1v) is 6.81. The van der Waals surface area contributed by atoms with E-state index < -0.39 is 0 Å². The Kier molecular flexibility index (Phi) is 2.98. The minimum Gasteiger partial charge on any atom is -0.265 e. The second kappa shape index (κ2) is 4.56. The maximum Gasteiger partial charge on any atom is 0.169 e. The molecule has 102 valence electrons. The zero-order valence-electron chi connectivity index (χ0n) is 11.6. The smallest absolute Gasteiger partial charge is 0.169 e. The molecule has 0 unspecified atom stereocenters. The van der Waals surface area contributed by atoms with Gasteiger partial charge in [-0.1, -0.05) is 56.6 Å². The number of hydrogen-bond donors (Lipinski definition) is 0. The Morgan fingerprint density at radius 2 is 1.85 bits per heavy atom. The molecular formula is C15H15ClN4. The summed E-state index contributed by atoms with van der Waals surface area (Å²) in [6, 6.07) is 9.95. The molecule has 0 aliphatic rings. The minimum absolute atomic E-state index is 0.0300. The second-order valence-corrected chi connectivity index (χ2v) is 6.15. The molecule has 3 aromatic rings. The van der Waals surface area contributed by atoms with Gasteiger partial charge in [-0.05, 0) is 11.0 Å². The van der Waals surface area contributed by atoms with E-state index in [2.05, 4.69) is 48.1 Å². The normalized spacial score (nSPS) is 12.0. The molecular weight excluding hydrogens is 272 g/mol. The predicted octanol–water partition coefficient (Wildman–Crippen LogP) is 3.74. The van der Waals surface area contributed by atoms with E-state index in [9.17, 15) is 0 Å². The lowest BCUT2D eigenvalue weighted by atomic mass is 9.83. The Hall–Kier alpha value is -1.94. The van der Waals surface area contributed by atoms with Crippen LogP contribution in [0.25, 0.3) is 17.0 Å². The summed E-state index contributed by atoms with van der Waals surface area (Å²) in [6.07, 6.45) is 1.66. The van der Waals surface area contributed by atoms with Crippen molar-refractivity contribution < 1.29 is 0 Å². The summed E-state index contributed by atoms with van der Waals surface area (Å²) in [6.45, 7) is 6.55. The van der Waals surface area contributed by atoms with Gasteiger partial charge in [0.1, 0.15) is 11.5 Å². The molecule has 0 saturated heterocycles. The fourth-order valence-corrected chi connectivity index (χ4v) is 2.43. The molecule has 20 heavy (non-hydrogen) atoms. The summed E-state index contributed by atoms with van der Waals surface area (Å²) in [5.74, 6) is 0.787. The van der Waals surface area contributed by atoms with Crippen LogP contribution >= 0.6 is 11.6 Å². The molecule has 0 fully saturated rings. The van der Waals surface area contributed by atoms with Crippen molar-refractivity contribution in [2.75, 3.05) is 0 Å². The fraction of sp³-hybridized carbons (Fsp3) is 0.267. The first-order chi connectivity index (χ1) is 9.47. The van der Waals surface area contributed by atoms with Crippen LogP contribution in [0.1, 0.15) is 26.3 Å². The summed E-state index contributed by atoms with van der Waals surface area (Å²) >= 11 is 5.89. The van der Waals surface area contributed by atoms with Crippen molar-refractivity contribution in [2.24, 2.45) is 0 Å². The van der Waals surface area contributed by atoms with Crippen LogP contribution in [0.2, 0.25) is 5.15 Å². The van der Waals surface area contributed by atoms with Crippen molar-refractivity contribution in [3.63, 3.8) is 0 Å². The van der Waals surface area contributed by atoms with Crippen molar-refractivity contribution in [1.29, 1.82) is 0 Å². The molecule has 1 aromatic carbocycles. The highest BCUT2D eigenvalue weighted by Crippen LogP contribution is 2.32. The van der Waals surface area contributed by atoms with Gasteiger partial charge in [-0.15, -0.1) is 10.2 Å². The molecule has 0 spiro atoms. The van der Waals surface area contributed by atoms with E-state index in [1.165, 1.54) is 5.56 Å². The van der Waals surface area contributed by atoms with Gasteiger partial charge in [-0.25, -0.2) is 4.98 Å². The van der Waals surface area contributed by atoms with Crippen molar-refractivity contribution in [3.05, 3.63) is 47.4 Å². The van der Waals surface area contributed by atoms with E-state index in [-0.39, 0.29) is 5.41 Å². The Labute approximate surface area is 122 Å². The molecule has 0 radical (unpaired) electrons. The van der Waals surface area contributed by atoms with Crippen LogP contribution in [0.3, 0.4) is 0 Å². The van der Waals surface area contributed by atoms with Gasteiger partial charge in [0.15, 0.2) is 11.5 Å². The van der Waals surface area contributed by atoms with Gasteiger partial charge in [0.25, 0.3) is 0 Å². The van der Waals surface area contributed by atoms with E-state index in [0.717, 1.165) is 11.4 Å². The number of fused-ring (bicyclic) bond motifs is 1. The molecule has 0 saturated carbocycles. The number of nitrogens with zero attached hydrogens (tertiary/aromatic N) is 4. The first-order valence-electron chi connectivity index (χ1n) is 6.43. The molecule has 2 heterocycles. The minimum atomic E-state index is 0.0300. The number of benzene rings is 1. The maximum absolute atomic E-state index is 5.89. The van der Waals surface area contributed by atoms with Gasteiger partial charge in [-0.2, -0.15) is 0 Å².